The molecular formula is C21H13F3N2O2. The largest absolute Gasteiger partial charge is 0.489 e. The molecule has 0 spiro atoms. The van der Waals surface area contributed by atoms with Crippen LogP contribution in [0.25, 0.3) is 22.8 Å². The molecule has 0 aliphatic rings. The molecule has 140 valence electrons. The molecule has 0 aliphatic heterocycles. The first-order valence-electron chi connectivity index (χ1n) is 8.36. The maximum Gasteiger partial charge on any atom is 0.258 e. The van der Waals surface area contributed by atoms with Crippen molar-refractivity contribution in [2.75, 3.05) is 0 Å². The van der Waals surface area contributed by atoms with E-state index in [1.165, 1.54) is 24.3 Å². The highest BCUT2D eigenvalue weighted by Crippen LogP contribution is 2.25. The van der Waals surface area contributed by atoms with Gasteiger partial charge in [0.1, 0.15) is 18.2 Å². The number of aromatic nitrogens is 2. The monoisotopic (exact) mass is 382 g/mol. The molecule has 0 saturated heterocycles. The van der Waals surface area contributed by atoms with Gasteiger partial charge in [0.2, 0.25) is 5.82 Å². The van der Waals surface area contributed by atoms with Crippen molar-refractivity contribution < 1.29 is 22.4 Å². The molecule has 4 rings (SSSR count). The SMILES string of the molecule is Fc1cccc(-c2nc(-c3ccc(OCc4cccc(F)c4F)cc3)no2)c1. The van der Waals surface area contributed by atoms with Gasteiger partial charge in [-0.05, 0) is 48.5 Å². The molecule has 1 aromatic heterocycles. The average Bonchev–Trinajstić information content (AvgIpc) is 3.20. The number of nitrogens with zero attached hydrogens (tertiary/aromatic N) is 2. The molecule has 3 aromatic carbocycles. The molecular weight excluding hydrogens is 369 g/mol. The minimum Gasteiger partial charge on any atom is -0.489 e. The first-order valence-corrected chi connectivity index (χ1v) is 8.36. The fourth-order valence-electron chi connectivity index (χ4n) is 2.60. The molecule has 4 nitrogen and oxygen atoms in total. The Morgan fingerprint density at radius 2 is 1.64 bits per heavy atom. The van der Waals surface area contributed by atoms with Crippen LogP contribution in [0.4, 0.5) is 13.2 Å². The first kappa shape index (κ1) is 17.8. The average molecular weight is 382 g/mol. The molecule has 7 heteroatoms. The van der Waals surface area contributed by atoms with Crippen LogP contribution in [0.5, 0.6) is 5.75 Å². The Hall–Kier alpha value is -3.61. The van der Waals surface area contributed by atoms with Crippen LogP contribution in [0.15, 0.2) is 71.3 Å². The molecule has 0 amide bonds. The molecule has 0 radical (unpaired) electrons. The van der Waals surface area contributed by atoms with Crippen molar-refractivity contribution in [1.82, 2.24) is 10.1 Å². The summed E-state index contributed by atoms with van der Waals surface area (Å²) in [6.07, 6.45) is 0. The molecule has 1 heterocycles. The van der Waals surface area contributed by atoms with Crippen LogP contribution in [-0.2, 0) is 6.61 Å². The van der Waals surface area contributed by atoms with Crippen LogP contribution < -0.4 is 4.74 Å². The lowest BCUT2D eigenvalue weighted by Crippen LogP contribution is -2.00. The molecule has 4 aromatic rings. The van der Waals surface area contributed by atoms with Crippen molar-refractivity contribution in [2.24, 2.45) is 0 Å². The molecule has 0 N–H and O–H groups in total. The Kier molecular flexibility index (Phi) is 4.80. The number of benzene rings is 3. The van der Waals surface area contributed by atoms with Crippen molar-refractivity contribution in [3.63, 3.8) is 0 Å². The van der Waals surface area contributed by atoms with E-state index >= 15 is 0 Å². The second-order valence-corrected chi connectivity index (χ2v) is 5.96. The van der Waals surface area contributed by atoms with Crippen LogP contribution >= 0.6 is 0 Å². The third-order valence-electron chi connectivity index (χ3n) is 4.04. The van der Waals surface area contributed by atoms with E-state index < -0.39 is 17.5 Å². The van der Waals surface area contributed by atoms with Gasteiger partial charge < -0.3 is 9.26 Å². The van der Waals surface area contributed by atoms with Crippen molar-refractivity contribution in [1.29, 1.82) is 0 Å². The second kappa shape index (κ2) is 7.56. The highest BCUT2D eigenvalue weighted by atomic mass is 19.2. The summed E-state index contributed by atoms with van der Waals surface area (Å²) < 4.78 is 50.9. The molecule has 0 fully saturated rings. The summed E-state index contributed by atoms with van der Waals surface area (Å²) in [4.78, 5) is 4.26. The fourth-order valence-corrected chi connectivity index (χ4v) is 2.60. The standard InChI is InChI=1S/C21H13F3N2O2/c22-16-5-1-3-14(11-16)21-25-20(26-28-21)13-7-9-17(10-8-13)27-12-15-4-2-6-18(23)19(15)24/h1-11H,12H2. The van der Waals surface area contributed by atoms with Gasteiger partial charge in [-0.2, -0.15) is 4.98 Å². The Morgan fingerprint density at radius 3 is 2.43 bits per heavy atom. The minimum absolute atomic E-state index is 0.102. The Balaban J connectivity index is 1.47. The van der Waals surface area contributed by atoms with Crippen molar-refractivity contribution >= 4 is 0 Å². The summed E-state index contributed by atoms with van der Waals surface area (Å²) in [6.45, 7) is -0.102. The number of ether oxygens (including phenoxy) is 1. The normalized spacial score (nSPS) is 10.8. The third-order valence-corrected chi connectivity index (χ3v) is 4.04. The Bertz CT molecular complexity index is 1110. The zero-order valence-corrected chi connectivity index (χ0v) is 14.4. The number of halogens is 3. The zero-order valence-electron chi connectivity index (χ0n) is 14.4. The number of hydrogen-bond acceptors (Lipinski definition) is 4. The summed E-state index contributed by atoms with van der Waals surface area (Å²) >= 11 is 0. The maximum absolute atomic E-state index is 13.7. The van der Waals surface area contributed by atoms with E-state index in [9.17, 15) is 13.2 Å². The molecule has 0 saturated carbocycles. The van der Waals surface area contributed by atoms with Gasteiger partial charge in [-0.1, -0.05) is 23.4 Å². The highest BCUT2D eigenvalue weighted by molar-refractivity contribution is 5.60. The van der Waals surface area contributed by atoms with E-state index in [0.29, 0.717) is 22.7 Å². The maximum atomic E-state index is 13.7. The minimum atomic E-state index is -0.921. The smallest absolute Gasteiger partial charge is 0.258 e. The summed E-state index contributed by atoms with van der Waals surface area (Å²) in [5, 5.41) is 3.90. The van der Waals surface area contributed by atoms with Crippen molar-refractivity contribution in [3.8, 4) is 28.6 Å². The summed E-state index contributed by atoms with van der Waals surface area (Å²) in [6, 6.07) is 16.5. The Morgan fingerprint density at radius 1 is 0.857 bits per heavy atom. The van der Waals surface area contributed by atoms with Gasteiger partial charge in [-0.3, -0.25) is 0 Å². The zero-order chi connectivity index (χ0) is 19.5. The van der Waals surface area contributed by atoms with Crippen LogP contribution in [0.1, 0.15) is 5.56 Å². The molecule has 0 unspecified atom stereocenters. The lowest BCUT2D eigenvalue weighted by molar-refractivity contribution is 0.297. The predicted molar refractivity (Wildman–Crippen MR) is 95.8 cm³/mol. The van der Waals surface area contributed by atoms with E-state index in [0.717, 1.165) is 6.07 Å². The molecule has 0 bridgehead atoms. The van der Waals surface area contributed by atoms with Crippen molar-refractivity contribution in [2.45, 2.75) is 6.61 Å². The van der Waals surface area contributed by atoms with E-state index in [4.69, 9.17) is 9.26 Å². The lowest BCUT2D eigenvalue weighted by atomic mass is 10.2. The van der Waals surface area contributed by atoms with E-state index in [-0.39, 0.29) is 18.1 Å². The molecule has 0 atom stereocenters. The summed E-state index contributed by atoms with van der Waals surface area (Å²) in [5.74, 6) is -1.22. The predicted octanol–water partition coefficient (Wildman–Crippen LogP) is 5.40. The number of hydrogen-bond donors (Lipinski definition) is 0. The third kappa shape index (κ3) is 3.73. The van der Waals surface area contributed by atoms with Crippen LogP contribution in [0.2, 0.25) is 0 Å². The second-order valence-electron chi connectivity index (χ2n) is 5.96. The van der Waals surface area contributed by atoms with E-state index in [1.807, 2.05) is 0 Å². The van der Waals surface area contributed by atoms with Gasteiger partial charge in [0.05, 0.1) is 0 Å². The summed E-state index contributed by atoms with van der Waals surface area (Å²) in [5.41, 5.74) is 1.27. The van der Waals surface area contributed by atoms with E-state index in [2.05, 4.69) is 10.1 Å². The van der Waals surface area contributed by atoms with Crippen molar-refractivity contribution in [3.05, 3.63) is 89.7 Å². The van der Waals surface area contributed by atoms with Gasteiger partial charge in [0.15, 0.2) is 11.6 Å². The molecule has 28 heavy (non-hydrogen) atoms. The van der Waals surface area contributed by atoms with Gasteiger partial charge in [0.25, 0.3) is 5.89 Å². The van der Waals surface area contributed by atoms with Crippen LogP contribution in [0.3, 0.4) is 0 Å². The van der Waals surface area contributed by atoms with Gasteiger partial charge in [0, 0.05) is 16.7 Å². The number of rotatable bonds is 5. The molecule has 0 aliphatic carbocycles. The topological polar surface area (TPSA) is 48.2 Å². The fraction of sp³-hybridized carbons (Fsp3) is 0.0476. The van der Waals surface area contributed by atoms with Gasteiger partial charge >= 0.3 is 0 Å². The summed E-state index contributed by atoms with van der Waals surface area (Å²) in [7, 11) is 0. The lowest BCUT2D eigenvalue weighted by Gasteiger charge is -2.07. The quantitative estimate of drug-likeness (QED) is 0.464. The first-order chi connectivity index (χ1) is 13.6. The highest BCUT2D eigenvalue weighted by Gasteiger charge is 2.12. The van der Waals surface area contributed by atoms with Crippen LogP contribution in [-0.4, -0.2) is 10.1 Å². The van der Waals surface area contributed by atoms with Gasteiger partial charge in [-0.25, -0.2) is 13.2 Å². The van der Waals surface area contributed by atoms with Crippen LogP contribution in [0, 0.1) is 17.5 Å². The van der Waals surface area contributed by atoms with E-state index in [1.54, 1.807) is 36.4 Å². The van der Waals surface area contributed by atoms with Gasteiger partial charge in [-0.15, -0.1) is 0 Å². The Labute approximate surface area is 158 Å².